The second-order valence-corrected chi connectivity index (χ2v) is 6.67. The van der Waals surface area contributed by atoms with Crippen LogP contribution in [0.1, 0.15) is 36.0 Å². The molecule has 0 unspecified atom stereocenters. The van der Waals surface area contributed by atoms with Gasteiger partial charge in [-0.2, -0.15) is 5.26 Å². The van der Waals surface area contributed by atoms with Crippen molar-refractivity contribution < 1.29 is 13.2 Å². The van der Waals surface area contributed by atoms with Gasteiger partial charge in [-0.25, -0.2) is 23.1 Å². The molecule has 0 aliphatic heterocycles. The fraction of sp³-hybridized carbons (Fsp3) is 0.263. The van der Waals surface area contributed by atoms with Crippen LogP contribution in [0.4, 0.5) is 19.0 Å². The summed E-state index contributed by atoms with van der Waals surface area (Å²) in [6.45, 7) is -0.0869. The molecule has 0 radical (unpaired) electrons. The average molecular weight is 385 g/mol. The van der Waals surface area contributed by atoms with Crippen LogP contribution in [0.3, 0.4) is 0 Å². The number of alkyl halides is 2. The summed E-state index contributed by atoms with van der Waals surface area (Å²) in [5, 5.41) is 12.7. The maximum Gasteiger partial charge on any atom is 0.266 e. The Morgan fingerprint density at radius 3 is 2.79 bits per heavy atom. The van der Waals surface area contributed by atoms with Crippen LogP contribution < -0.4 is 10.9 Å². The van der Waals surface area contributed by atoms with Gasteiger partial charge in [0.05, 0.1) is 22.4 Å². The third kappa shape index (κ3) is 2.97. The van der Waals surface area contributed by atoms with Gasteiger partial charge in [-0.05, 0) is 18.9 Å². The van der Waals surface area contributed by atoms with Crippen molar-refractivity contribution in [1.29, 1.82) is 5.26 Å². The van der Waals surface area contributed by atoms with E-state index in [-0.39, 0.29) is 23.3 Å². The summed E-state index contributed by atoms with van der Waals surface area (Å²) in [6, 6.07) is 7.54. The summed E-state index contributed by atoms with van der Waals surface area (Å²) in [5.74, 6) is -0.669. The number of aromatic nitrogens is 3. The van der Waals surface area contributed by atoms with Gasteiger partial charge < -0.3 is 10.3 Å². The molecule has 3 aromatic rings. The second-order valence-electron chi connectivity index (χ2n) is 6.67. The quantitative estimate of drug-likeness (QED) is 0.700. The average Bonchev–Trinajstić information content (AvgIpc) is 3.47. The summed E-state index contributed by atoms with van der Waals surface area (Å²) in [6.07, 6.45) is -0.489. The van der Waals surface area contributed by atoms with E-state index in [4.69, 9.17) is 0 Å². The van der Waals surface area contributed by atoms with E-state index in [9.17, 15) is 23.2 Å². The summed E-state index contributed by atoms with van der Waals surface area (Å²) in [7, 11) is 0. The van der Waals surface area contributed by atoms with E-state index in [0.717, 1.165) is 6.07 Å². The molecule has 1 aliphatic rings. The van der Waals surface area contributed by atoms with Crippen molar-refractivity contribution in [2.24, 2.45) is 0 Å². The first kappa shape index (κ1) is 18.0. The highest BCUT2D eigenvalue weighted by atomic mass is 19.3. The Bertz CT molecular complexity index is 1160. The second kappa shape index (κ2) is 6.64. The predicted octanol–water partition coefficient (Wildman–Crippen LogP) is 3.56. The van der Waals surface area contributed by atoms with E-state index in [1.807, 2.05) is 0 Å². The fourth-order valence-electron chi connectivity index (χ4n) is 3.16. The molecular weight excluding hydrogens is 371 g/mol. The molecule has 9 heteroatoms. The molecule has 0 spiro atoms. The normalized spacial score (nSPS) is 14.8. The highest BCUT2D eigenvalue weighted by Crippen LogP contribution is 2.46. The lowest BCUT2D eigenvalue weighted by Crippen LogP contribution is -2.20. The number of hydrogen-bond donors (Lipinski definition) is 2. The number of benzene rings is 1. The lowest BCUT2D eigenvalue weighted by atomic mass is 9.98. The zero-order chi connectivity index (χ0) is 19.9. The molecule has 6 nitrogen and oxygen atoms in total. The van der Waals surface area contributed by atoms with E-state index in [1.165, 1.54) is 18.5 Å². The molecule has 0 atom stereocenters. The van der Waals surface area contributed by atoms with Crippen LogP contribution in [0.25, 0.3) is 11.0 Å². The number of nitrogens with one attached hydrogen (secondary N) is 2. The minimum Gasteiger partial charge on any atom is -0.365 e. The Kier molecular flexibility index (Phi) is 4.26. The van der Waals surface area contributed by atoms with E-state index in [1.54, 1.807) is 6.07 Å². The van der Waals surface area contributed by atoms with Crippen molar-refractivity contribution in [3.63, 3.8) is 0 Å². The molecule has 0 saturated heterocycles. The summed E-state index contributed by atoms with van der Waals surface area (Å²) < 4.78 is 40.0. The van der Waals surface area contributed by atoms with Crippen molar-refractivity contribution in [2.45, 2.75) is 31.2 Å². The number of aromatic amines is 1. The Hall–Kier alpha value is -3.41. The van der Waals surface area contributed by atoms with E-state index >= 15 is 0 Å². The number of nitrogens with zero attached hydrogens (tertiary/aromatic N) is 3. The van der Waals surface area contributed by atoms with Crippen molar-refractivity contribution in [2.75, 3.05) is 5.32 Å². The molecule has 1 aliphatic carbocycles. The van der Waals surface area contributed by atoms with Crippen molar-refractivity contribution in [1.82, 2.24) is 15.0 Å². The highest BCUT2D eigenvalue weighted by Gasteiger charge is 2.47. The zero-order valence-corrected chi connectivity index (χ0v) is 14.5. The Morgan fingerprint density at radius 2 is 2.11 bits per heavy atom. The van der Waals surface area contributed by atoms with Gasteiger partial charge >= 0.3 is 0 Å². The molecule has 1 saturated carbocycles. The number of rotatable bonds is 5. The van der Waals surface area contributed by atoms with Crippen molar-refractivity contribution in [3.05, 3.63) is 63.5 Å². The van der Waals surface area contributed by atoms with Gasteiger partial charge in [0.1, 0.15) is 23.6 Å². The molecule has 0 amide bonds. The van der Waals surface area contributed by atoms with Crippen LogP contribution in [0.5, 0.6) is 0 Å². The smallest absolute Gasteiger partial charge is 0.266 e. The molecule has 1 aromatic carbocycles. The van der Waals surface area contributed by atoms with E-state index in [2.05, 4.69) is 26.3 Å². The molecule has 2 heterocycles. The first-order valence-corrected chi connectivity index (χ1v) is 8.54. The van der Waals surface area contributed by atoms with Crippen LogP contribution >= 0.6 is 0 Å². The molecule has 1 fully saturated rings. The topological polar surface area (TPSA) is 94.5 Å². The maximum absolute atomic E-state index is 14.2. The summed E-state index contributed by atoms with van der Waals surface area (Å²) in [4.78, 5) is 23.1. The van der Waals surface area contributed by atoms with Gasteiger partial charge in [0.25, 0.3) is 12.0 Å². The van der Waals surface area contributed by atoms with Crippen LogP contribution in [-0.4, -0.2) is 15.0 Å². The highest BCUT2D eigenvalue weighted by molar-refractivity contribution is 5.86. The van der Waals surface area contributed by atoms with Gasteiger partial charge in [0.2, 0.25) is 0 Å². The third-order valence-corrected chi connectivity index (χ3v) is 4.92. The van der Waals surface area contributed by atoms with E-state index < -0.39 is 23.2 Å². The van der Waals surface area contributed by atoms with Gasteiger partial charge in [0.15, 0.2) is 0 Å². The monoisotopic (exact) mass is 385 g/mol. The van der Waals surface area contributed by atoms with Gasteiger partial charge in [-0.3, -0.25) is 4.79 Å². The van der Waals surface area contributed by atoms with Crippen LogP contribution in [0, 0.1) is 17.1 Å². The number of hydrogen-bond acceptors (Lipinski definition) is 5. The molecule has 2 N–H and O–H groups in total. The number of nitriles is 1. The van der Waals surface area contributed by atoms with Gasteiger partial charge in [-0.15, -0.1) is 0 Å². The minimum absolute atomic E-state index is 0.0601. The van der Waals surface area contributed by atoms with Crippen molar-refractivity contribution >= 4 is 16.9 Å². The molecular formula is C19H14F3N5O. The number of pyridine rings is 1. The molecule has 2 aromatic heterocycles. The molecule has 28 heavy (non-hydrogen) atoms. The van der Waals surface area contributed by atoms with E-state index in [0.29, 0.717) is 29.6 Å². The lowest BCUT2D eigenvalue weighted by Gasteiger charge is -2.12. The number of fused-ring (bicyclic) bond motifs is 1. The minimum atomic E-state index is -2.91. The first-order valence-electron chi connectivity index (χ1n) is 8.54. The van der Waals surface area contributed by atoms with Crippen LogP contribution in [-0.2, 0) is 12.0 Å². The third-order valence-electron chi connectivity index (χ3n) is 4.92. The number of halogens is 3. The lowest BCUT2D eigenvalue weighted by molar-refractivity contribution is 0.146. The Balaban J connectivity index is 1.70. The van der Waals surface area contributed by atoms with Gasteiger partial charge in [0, 0.05) is 17.7 Å². The van der Waals surface area contributed by atoms with Gasteiger partial charge in [-0.1, -0.05) is 18.2 Å². The molecule has 0 bridgehead atoms. The van der Waals surface area contributed by atoms with Crippen LogP contribution in [0.2, 0.25) is 0 Å². The van der Waals surface area contributed by atoms with Crippen LogP contribution in [0.15, 0.2) is 35.4 Å². The largest absolute Gasteiger partial charge is 0.365 e. The summed E-state index contributed by atoms with van der Waals surface area (Å²) in [5.41, 5.74) is -1.18. The molecule has 4 rings (SSSR count). The predicted molar refractivity (Wildman–Crippen MR) is 95.4 cm³/mol. The van der Waals surface area contributed by atoms with Crippen molar-refractivity contribution in [3.8, 4) is 6.07 Å². The summed E-state index contributed by atoms with van der Waals surface area (Å²) >= 11 is 0. The standard InChI is InChI=1S/C19H14F3N5O/c20-14-10(2-1-3-11(14)15(21)22)7-24-16-12-6-13(19(8-23)4-5-19)18(28)27-17(12)26-9-25-16/h1-3,6,9,15H,4-5,7H2,(H2,24,25,26,27,28). The first-order chi connectivity index (χ1) is 13.4. The number of anilines is 1. The Labute approximate surface area is 157 Å². The number of H-pyrrole nitrogens is 1. The SMILES string of the molecule is N#CC1(c2cc3c(NCc4cccc(C(F)F)c4F)ncnc3[nH]c2=O)CC1. The maximum atomic E-state index is 14.2. The Morgan fingerprint density at radius 1 is 1.32 bits per heavy atom. The zero-order valence-electron chi connectivity index (χ0n) is 14.5. The molecule has 142 valence electrons. The fourth-order valence-corrected chi connectivity index (χ4v) is 3.16.